The van der Waals surface area contributed by atoms with E-state index in [9.17, 15) is 0 Å². The van der Waals surface area contributed by atoms with Gasteiger partial charge in [0.2, 0.25) is 0 Å². The summed E-state index contributed by atoms with van der Waals surface area (Å²) in [7, 11) is 0. The van der Waals surface area contributed by atoms with Gasteiger partial charge in [-0.2, -0.15) is 0 Å². The minimum absolute atomic E-state index is 1.03. The van der Waals surface area contributed by atoms with Crippen molar-refractivity contribution in [2.45, 2.75) is 13.1 Å². The predicted octanol–water partition coefficient (Wildman–Crippen LogP) is -0.237. The summed E-state index contributed by atoms with van der Waals surface area (Å²) < 4.78 is 5.43. The van der Waals surface area contributed by atoms with Gasteiger partial charge in [-0.1, -0.05) is 30.3 Å². The summed E-state index contributed by atoms with van der Waals surface area (Å²) in [5.41, 5.74) is 1.45. The first kappa shape index (κ1) is 12.5. The summed E-state index contributed by atoms with van der Waals surface area (Å²) in [5, 5.41) is 0. The number of quaternary nitrogens is 2. The van der Waals surface area contributed by atoms with Gasteiger partial charge in [-0.05, 0) is 12.1 Å². The Morgan fingerprint density at radius 3 is 2.11 bits per heavy atom. The van der Waals surface area contributed by atoms with E-state index in [0.717, 1.165) is 18.8 Å². The van der Waals surface area contributed by atoms with Crippen LogP contribution >= 0.6 is 0 Å². The van der Waals surface area contributed by atoms with Gasteiger partial charge in [0.1, 0.15) is 39.3 Å². The monoisotopic (exact) mass is 258 g/mol. The molecule has 0 atom stereocenters. The van der Waals surface area contributed by atoms with Gasteiger partial charge in [0.15, 0.2) is 5.76 Å². The fourth-order valence-electron chi connectivity index (χ4n) is 2.85. The molecule has 0 spiro atoms. The SMILES string of the molecule is c1ccc(C[NH+]2CC[NH+](Cc3ccco3)CC2)cc1. The second kappa shape index (κ2) is 6.04. The number of hydrogen-bond acceptors (Lipinski definition) is 1. The lowest BCUT2D eigenvalue weighted by Gasteiger charge is -2.29. The molecule has 100 valence electrons. The van der Waals surface area contributed by atoms with Crippen LogP contribution in [0.3, 0.4) is 0 Å². The molecular formula is C16H22N2O+2. The van der Waals surface area contributed by atoms with Gasteiger partial charge < -0.3 is 14.2 Å². The summed E-state index contributed by atoms with van der Waals surface area (Å²) in [4.78, 5) is 3.35. The van der Waals surface area contributed by atoms with Crippen molar-refractivity contribution in [1.82, 2.24) is 0 Å². The van der Waals surface area contributed by atoms with E-state index in [-0.39, 0.29) is 0 Å². The minimum Gasteiger partial charge on any atom is -0.463 e. The molecule has 3 heteroatoms. The smallest absolute Gasteiger partial charge is 0.157 e. The Kier molecular flexibility index (Phi) is 3.96. The molecule has 1 aliphatic heterocycles. The maximum atomic E-state index is 5.43. The summed E-state index contributed by atoms with van der Waals surface area (Å²) in [5.74, 6) is 1.11. The Balaban J connectivity index is 1.47. The zero-order valence-corrected chi connectivity index (χ0v) is 11.3. The Bertz CT molecular complexity index is 473. The van der Waals surface area contributed by atoms with Crippen LogP contribution in [0.4, 0.5) is 0 Å². The van der Waals surface area contributed by atoms with Crippen LogP contribution in [0.15, 0.2) is 53.1 Å². The molecule has 2 aromatic rings. The molecule has 0 saturated carbocycles. The van der Waals surface area contributed by atoms with Crippen molar-refractivity contribution < 1.29 is 14.2 Å². The van der Waals surface area contributed by atoms with E-state index in [0.29, 0.717) is 0 Å². The van der Waals surface area contributed by atoms with Crippen LogP contribution in [0.2, 0.25) is 0 Å². The summed E-state index contributed by atoms with van der Waals surface area (Å²) in [6.45, 7) is 7.18. The van der Waals surface area contributed by atoms with E-state index in [1.807, 2.05) is 6.07 Å². The zero-order chi connectivity index (χ0) is 12.9. The molecule has 0 aliphatic carbocycles. The Hall–Kier alpha value is -1.58. The fraction of sp³-hybridized carbons (Fsp3) is 0.375. The zero-order valence-electron chi connectivity index (χ0n) is 11.3. The number of benzene rings is 1. The third-order valence-electron chi connectivity index (χ3n) is 3.97. The molecule has 2 N–H and O–H groups in total. The van der Waals surface area contributed by atoms with Gasteiger partial charge in [-0.3, -0.25) is 0 Å². The fourth-order valence-corrected chi connectivity index (χ4v) is 2.85. The first-order chi connectivity index (χ1) is 9.40. The Morgan fingerprint density at radius 2 is 1.47 bits per heavy atom. The van der Waals surface area contributed by atoms with E-state index < -0.39 is 0 Å². The van der Waals surface area contributed by atoms with Crippen molar-refractivity contribution in [1.29, 1.82) is 0 Å². The molecule has 0 bridgehead atoms. The van der Waals surface area contributed by atoms with Crippen molar-refractivity contribution in [2.24, 2.45) is 0 Å². The molecule has 1 fully saturated rings. The maximum Gasteiger partial charge on any atom is 0.157 e. The first-order valence-corrected chi connectivity index (χ1v) is 7.13. The molecule has 3 rings (SSSR count). The van der Waals surface area contributed by atoms with E-state index in [1.54, 1.807) is 16.1 Å². The van der Waals surface area contributed by atoms with Crippen molar-refractivity contribution in [3.05, 3.63) is 60.1 Å². The van der Waals surface area contributed by atoms with Crippen molar-refractivity contribution in [3.63, 3.8) is 0 Å². The quantitative estimate of drug-likeness (QED) is 0.776. The van der Waals surface area contributed by atoms with Crippen LogP contribution in [0.25, 0.3) is 0 Å². The van der Waals surface area contributed by atoms with E-state index in [1.165, 1.54) is 31.7 Å². The second-order valence-electron chi connectivity index (χ2n) is 5.42. The summed E-state index contributed by atoms with van der Waals surface area (Å²) in [6, 6.07) is 14.9. The summed E-state index contributed by atoms with van der Waals surface area (Å²) in [6.07, 6.45) is 1.77. The molecule has 19 heavy (non-hydrogen) atoms. The molecule has 3 nitrogen and oxygen atoms in total. The molecule has 0 unspecified atom stereocenters. The van der Waals surface area contributed by atoms with Gasteiger partial charge in [-0.25, -0.2) is 0 Å². The molecule has 1 saturated heterocycles. The highest BCUT2D eigenvalue weighted by Gasteiger charge is 2.23. The number of hydrogen-bond donors (Lipinski definition) is 2. The van der Waals surface area contributed by atoms with Crippen LogP contribution in [0.1, 0.15) is 11.3 Å². The first-order valence-electron chi connectivity index (χ1n) is 7.13. The summed E-state index contributed by atoms with van der Waals surface area (Å²) >= 11 is 0. The van der Waals surface area contributed by atoms with Crippen molar-refractivity contribution in [3.8, 4) is 0 Å². The normalized spacial score (nSPS) is 23.4. The standard InChI is InChI=1S/C16H20N2O/c1-2-5-15(6-3-1)13-17-8-10-18(11-9-17)14-16-7-4-12-19-16/h1-7,12H,8-11,13-14H2/p+2. The van der Waals surface area contributed by atoms with Crippen LogP contribution < -0.4 is 9.80 Å². The number of piperazine rings is 1. The third kappa shape index (κ3) is 3.46. The predicted molar refractivity (Wildman–Crippen MR) is 74.0 cm³/mol. The lowest BCUT2D eigenvalue weighted by Crippen LogP contribution is -3.27. The number of furan rings is 1. The van der Waals surface area contributed by atoms with Gasteiger partial charge in [0, 0.05) is 5.56 Å². The van der Waals surface area contributed by atoms with Crippen LogP contribution in [-0.4, -0.2) is 26.2 Å². The molecule has 1 aromatic carbocycles. The molecular weight excluding hydrogens is 236 g/mol. The Morgan fingerprint density at radius 1 is 0.789 bits per heavy atom. The minimum atomic E-state index is 1.03. The van der Waals surface area contributed by atoms with E-state index in [2.05, 4.69) is 36.4 Å². The largest absolute Gasteiger partial charge is 0.463 e. The van der Waals surface area contributed by atoms with E-state index in [4.69, 9.17) is 4.42 Å². The molecule has 0 radical (unpaired) electrons. The van der Waals surface area contributed by atoms with E-state index >= 15 is 0 Å². The van der Waals surface area contributed by atoms with Gasteiger partial charge in [-0.15, -0.1) is 0 Å². The topological polar surface area (TPSA) is 22.0 Å². The van der Waals surface area contributed by atoms with Crippen molar-refractivity contribution in [2.75, 3.05) is 26.2 Å². The van der Waals surface area contributed by atoms with Gasteiger partial charge in [0.25, 0.3) is 0 Å². The van der Waals surface area contributed by atoms with Gasteiger partial charge in [0.05, 0.1) is 6.26 Å². The number of nitrogens with one attached hydrogen (secondary N) is 2. The van der Waals surface area contributed by atoms with Crippen molar-refractivity contribution >= 4 is 0 Å². The van der Waals surface area contributed by atoms with Crippen LogP contribution in [-0.2, 0) is 13.1 Å². The lowest BCUT2D eigenvalue weighted by molar-refractivity contribution is -1.02. The average Bonchev–Trinajstić information content (AvgIpc) is 2.95. The molecule has 1 aromatic heterocycles. The van der Waals surface area contributed by atoms with Gasteiger partial charge >= 0.3 is 0 Å². The molecule has 2 heterocycles. The average molecular weight is 258 g/mol. The second-order valence-corrected chi connectivity index (χ2v) is 5.42. The van der Waals surface area contributed by atoms with Crippen LogP contribution in [0, 0.1) is 0 Å². The molecule has 1 aliphatic rings. The van der Waals surface area contributed by atoms with Crippen LogP contribution in [0.5, 0.6) is 0 Å². The number of rotatable bonds is 4. The highest BCUT2D eigenvalue weighted by molar-refractivity contribution is 5.13. The highest BCUT2D eigenvalue weighted by Crippen LogP contribution is 1.97. The Labute approximate surface area is 114 Å². The maximum absolute atomic E-state index is 5.43. The molecule has 0 amide bonds. The third-order valence-corrected chi connectivity index (χ3v) is 3.97. The lowest BCUT2D eigenvalue weighted by atomic mass is 10.2. The highest BCUT2D eigenvalue weighted by atomic mass is 16.3.